The lowest BCUT2D eigenvalue weighted by Gasteiger charge is -2.12. The Morgan fingerprint density at radius 3 is 1.79 bits per heavy atom. The van der Waals surface area contributed by atoms with Gasteiger partial charge in [-0.15, -0.1) is 0 Å². The minimum atomic E-state index is -1.65. The second-order valence-electron chi connectivity index (χ2n) is 6.10. The molecule has 0 aliphatic rings. The van der Waals surface area contributed by atoms with Gasteiger partial charge in [-0.25, -0.2) is 26.3 Å². The Morgan fingerprint density at radius 1 is 0.679 bits per heavy atom. The quantitative estimate of drug-likeness (QED) is 0.362. The van der Waals surface area contributed by atoms with Gasteiger partial charge in [-0.1, -0.05) is 19.1 Å². The van der Waals surface area contributed by atoms with Crippen LogP contribution in [0, 0.1) is 34.9 Å². The van der Waals surface area contributed by atoms with Crippen molar-refractivity contribution >= 4 is 0 Å². The molecule has 3 aromatic rings. The maximum atomic E-state index is 14.3. The van der Waals surface area contributed by atoms with Crippen molar-refractivity contribution in [2.24, 2.45) is 0 Å². The van der Waals surface area contributed by atoms with Crippen LogP contribution in [0.4, 0.5) is 26.3 Å². The van der Waals surface area contributed by atoms with Gasteiger partial charge in [0.05, 0.1) is 0 Å². The van der Waals surface area contributed by atoms with Crippen LogP contribution in [0.15, 0.2) is 42.5 Å². The monoisotopic (exact) mass is 396 g/mol. The van der Waals surface area contributed by atoms with Crippen LogP contribution in [0.5, 0.6) is 5.75 Å². The summed E-state index contributed by atoms with van der Waals surface area (Å²) in [7, 11) is 0. The lowest BCUT2D eigenvalue weighted by molar-refractivity contribution is 0.272. The van der Waals surface area contributed by atoms with Gasteiger partial charge in [-0.2, -0.15) is 0 Å². The van der Waals surface area contributed by atoms with Gasteiger partial charge in [0.25, 0.3) is 0 Å². The zero-order valence-electron chi connectivity index (χ0n) is 14.6. The molecule has 0 saturated heterocycles. The third kappa shape index (κ3) is 3.98. The summed E-state index contributed by atoms with van der Waals surface area (Å²) in [5, 5.41) is 0. The van der Waals surface area contributed by atoms with Crippen molar-refractivity contribution in [2.75, 3.05) is 0 Å². The molecule has 0 bridgehead atoms. The van der Waals surface area contributed by atoms with E-state index in [0.29, 0.717) is 18.6 Å². The van der Waals surface area contributed by atoms with Crippen molar-refractivity contribution in [1.82, 2.24) is 0 Å². The highest BCUT2D eigenvalue weighted by atomic mass is 19.2. The van der Waals surface area contributed by atoms with Gasteiger partial charge in [0.2, 0.25) is 0 Å². The first-order valence-electron chi connectivity index (χ1n) is 8.34. The number of halogens is 6. The molecule has 0 radical (unpaired) electrons. The highest BCUT2D eigenvalue weighted by Crippen LogP contribution is 2.31. The third-order valence-corrected chi connectivity index (χ3v) is 4.18. The van der Waals surface area contributed by atoms with Gasteiger partial charge >= 0.3 is 0 Å². The molecule has 0 aliphatic heterocycles. The van der Waals surface area contributed by atoms with Crippen LogP contribution in [0.25, 0.3) is 11.1 Å². The summed E-state index contributed by atoms with van der Waals surface area (Å²) in [6.07, 6.45) is 0.608. The topological polar surface area (TPSA) is 9.23 Å². The maximum absolute atomic E-state index is 14.3. The molecule has 0 N–H and O–H groups in total. The molecule has 0 unspecified atom stereocenters. The summed E-state index contributed by atoms with van der Waals surface area (Å²) < 4.78 is 87.1. The molecule has 1 nitrogen and oxygen atoms in total. The molecule has 0 amide bonds. The van der Waals surface area contributed by atoms with E-state index in [1.165, 1.54) is 12.1 Å². The van der Waals surface area contributed by atoms with Crippen LogP contribution < -0.4 is 4.74 Å². The number of aryl methyl sites for hydroxylation is 1. The van der Waals surface area contributed by atoms with E-state index < -0.39 is 47.3 Å². The normalized spacial score (nSPS) is 11.0. The smallest absolute Gasteiger partial charge is 0.194 e. The molecular formula is C21H14F6O. The minimum absolute atomic E-state index is 0.0178. The molecule has 7 heteroatoms. The summed E-state index contributed by atoms with van der Waals surface area (Å²) in [6.45, 7) is 1.25. The van der Waals surface area contributed by atoms with E-state index in [-0.39, 0.29) is 16.7 Å². The second-order valence-corrected chi connectivity index (χ2v) is 6.10. The molecular weight excluding hydrogens is 382 g/mol. The van der Waals surface area contributed by atoms with Crippen LogP contribution in [0.3, 0.4) is 0 Å². The van der Waals surface area contributed by atoms with Crippen molar-refractivity contribution in [3.05, 3.63) is 88.5 Å². The van der Waals surface area contributed by atoms with E-state index in [1.807, 2.05) is 6.92 Å². The Balaban J connectivity index is 1.86. The number of benzene rings is 3. The van der Waals surface area contributed by atoms with Gasteiger partial charge in [-0.05, 0) is 53.4 Å². The fourth-order valence-corrected chi connectivity index (χ4v) is 2.71. The van der Waals surface area contributed by atoms with Gasteiger partial charge < -0.3 is 4.74 Å². The molecule has 3 aromatic carbocycles. The molecule has 0 spiro atoms. The molecule has 0 atom stereocenters. The van der Waals surface area contributed by atoms with Crippen molar-refractivity contribution in [3.63, 3.8) is 0 Å². The second kappa shape index (κ2) is 7.96. The lowest BCUT2D eigenvalue weighted by atomic mass is 10.0. The van der Waals surface area contributed by atoms with Gasteiger partial charge in [0, 0.05) is 5.56 Å². The zero-order valence-corrected chi connectivity index (χ0v) is 14.6. The number of hydrogen-bond donors (Lipinski definition) is 0. The van der Waals surface area contributed by atoms with Gasteiger partial charge in [-0.3, -0.25) is 0 Å². The Hall–Kier alpha value is -2.96. The van der Waals surface area contributed by atoms with Crippen molar-refractivity contribution in [2.45, 2.75) is 20.0 Å². The molecule has 0 heterocycles. The molecule has 28 heavy (non-hydrogen) atoms. The fraction of sp³-hybridized carbons (Fsp3) is 0.143. The van der Waals surface area contributed by atoms with Crippen molar-refractivity contribution in [1.29, 1.82) is 0 Å². The standard InChI is InChI=1S/C21H14F6O/c1-2-11-3-4-14(15(22)5-11)13-8-18(25)21(19(26)9-13)28-10-12-6-16(23)20(27)17(24)7-12/h3-9H,2,10H2,1H3. The highest BCUT2D eigenvalue weighted by molar-refractivity contribution is 5.65. The SMILES string of the molecule is CCc1ccc(-c2cc(F)c(OCc3cc(F)c(F)c(F)c3)c(F)c2)c(F)c1. The first-order valence-corrected chi connectivity index (χ1v) is 8.34. The average Bonchev–Trinajstić information content (AvgIpc) is 2.65. The highest BCUT2D eigenvalue weighted by Gasteiger charge is 2.17. The molecule has 0 fully saturated rings. The first kappa shape index (κ1) is 19.8. The molecule has 0 saturated carbocycles. The van der Waals surface area contributed by atoms with E-state index in [9.17, 15) is 26.3 Å². The molecule has 0 aromatic heterocycles. The van der Waals surface area contributed by atoms with Crippen LogP contribution in [-0.4, -0.2) is 0 Å². The van der Waals surface area contributed by atoms with Gasteiger partial charge in [0.1, 0.15) is 12.4 Å². The third-order valence-electron chi connectivity index (χ3n) is 4.18. The summed E-state index contributed by atoms with van der Waals surface area (Å²) >= 11 is 0. The summed E-state index contributed by atoms with van der Waals surface area (Å²) in [6, 6.07) is 7.47. The first-order chi connectivity index (χ1) is 13.3. The van der Waals surface area contributed by atoms with Crippen molar-refractivity contribution in [3.8, 4) is 16.9 Å². The predicted octanol–water partition coefficient (Wildman–Crippen LogP) is 6.33. The minimum Gasteiger partial charge on any atom is -0.483 e. The van der Waals surface area contributed by atoms with Crippen molar-refractivity contribution < 1.29 is 31.1 Å². The fourth-order valence-electron chi connectivity index (χ4n) is 2.71. The Labute approximate surface area is 157 Å². The zero-order chi connectivity index (χ0) is 20.4. The van der Waals surface area contributed by atoms with E-state index in [4.69, 9.17) is 4.74 Å². The Morgan fingerprint density at radius 2 is 1.25 bits per heavy atom. The van der Waals surface area contributed by atoms with Crippen LogP contribution in [0.1, 0.15) is 18.1 Å². The van der Waals surface area contributed by atoms with E-state index in [2.05, 4.69) is 0 Å². The van der Waals surface area contributed by atoms with E-state index >= 15 is 0 Å². The molecule has 3 rings (SSSR count). The Kier molecular flexibility index (Phi) is 5.63. The summed E-state index contributed by atoms with van der Waals surface area (Å²) in [5.74, 6) is -8.18. The van der Waals surface area contributed by atoms with E-state index in [1.54, 1.807) is 6.07 Å². The Bertz CT molecular complexity index is 985. The summed E-state index contributed by atoms with van der Waals surface area (Å²) in [4.78, 5) is 0. The van der Waals surface area contributed by atoms with Crippen LogP contribution >= 0.6 is 0 Å². The number of rotatable bonds is 5. The average molecular weight is 396 g/mol. The number of ether oxygens (including phenoxy) is 1. The predicted molar refractivity (Wildman–Crippen MR) is 91.8 cm³/mol. The van der Waals surface area contributed by atoms with Gasteiger partial charge in [0.15, 0.2) is 34.8 Å². The van der Waals surface area contributed by atoms with E-state index in [0.717, 1.165) is 17.7 Å². The molecule has 0 aliphatic carbocycles. The largest absolute Gasteiger partial charge is 0.483 e. The number of hydrogen-bond acceptors (Lipinski definition) is 1. The maximum Gasteiger partial charge on any atom is 0.194 e. The van der Waals surface area contributed by atoms with Crippen LogP contribution in [-0.2, 0) is 13.0 Å². The lowest BCUT2D eigenvalue weighted by Crippen LogP contribution is -2.03. The molecule has 146 valence electrons. The van der Waals surface area contributed by atoms with Crippen LogP contribution in [0.2, 0.25) is 0 Å². The summed E-state index contributed by atoms with van der Waals surface area (Å²) in [5.41, 5.74) is 0.576.